The first-order valence-corrected chi connectivity index (χ1v) is 5.82. The van der Waals surface area contributed by atoms with Crippen LogP contribution in [-0.2, 0) is 4.79 Å². The van der Waals surface area contributed by atoms with Crippen LogP contribution < -0.4 is 5.32 Å². The van der Waals surface area contributed by atoms with Gasteiger partial charge in [0.1, 0.15) is 5.82 Å². The Morgan fingerprint density at radius 2 is 2.20 bits per heavy atom. The molecule has 0 aliphatic carbocycles. The molecule has 0 saturated carbocycles. The molecule has 1 aliphatic heterocycles. The summed E-state index contributed by atoms with van der Waals surface area (Å²) < 4.78 is 13.6. The summed E-state index contributed by atoms with van der Waals surface area (Å²) in [6.45, 7) is 3.87. The zero-order valence-corrected chi connectivity index (χ0v) is 9.45. The van der Waals surface area contributed by atoms with E-state index in [0.717, 1.165) is 10.6 Å². The van der Waals surface area contributed by atoms with Crippen LogP contribution in [0, 0.1) is 5.82 Å². The molecule has 1 aromatic carbocycles. The zero-order valence-electron chi connectivity index (χ0n) is 8.63. The number of amides is 1. The topological polar surface area (TPSA) is 29.1 Å². The van der Waals surface area contributed by atoms with E-state index in [9.17, 15) is 9.18 Å². The van der Waals surface area contributed by atoms with Crippen molar-refractivity contribution < 1.29 is 9.18 Å². The third-order valence-corrected chi connectivity index (χ3v) is 3.41. The lowest BCUT2D eigenvalue weighted by atomic mass is 10.0. The first-order valence-electron chi connectivity index (χ1n) is 4.84. The third-order valence-electron chi connectivity index (χ3n) is 2.35. The van der Waals surface area contributed by atoms with Gasteiger partial charge in [-0.3, -0.25) is 4.79 Å². The van der Waals surface area contributed by atoms with Crippen LogP contribution in [0.4, 0.5) is 10.1 Å². The van der Waals surface area contributed by atoms with Gasteiger partial charge in [-0.2, -0.15) is 0 Å². The van der Waals surface area contributed by atoms with Crippen LogP contribution in [0.25, 0.3) is 0 Å². The summed E-state index contributed by atoms with van der Waals surface area (Å²) in [5.74, 6) is 0.286. The SMILES string of the molecule is CC(C)c1cc2c(cc1F)SCC(=O)N2. The molecule has 0 aromatic heterocycles. The van der Waals surface area contributed by atoms with Gasteiger partial charge in [-0.05, 0) is 23.6 Å². The van der Waals surface area contributed by atoms with E-state index in [2.05, 4.69) is 5.32 Å². The lowest BCUT2D eigenvalue weighted by Gasteiger charge is -2.18. The lowest BCUT2D eigenvalue weighted by molar-refractivity contribution is -0.113. The fourth-order valence-electron chi connectivity index (χ4n) is 1.56. The molecule has 0 fully saturated rings. The number of halogens is 1. The highest BCUT2D eigenvalue weighted by Gasteiger charge is 2.18. The fraction of sp³-hybridized carbons (Fsp3) is 0.364. The van der Waals surface area contributed by atoms with Gasteiger partial charge >= 0.3 is 0 Å². The third kappa shape index (κ3) is 2.00. The number of fused-ring (bicyclic) bond motifs is 1. The molecule has 0 spiro atoms. The standard InChI is InChI=1S/C11H12FNOS/c1-6(2)7-3-9-10(4-8(7)12)15-5-11(14)13-9/h3-4,6H,5H2,1-2H3,(H,13,14). The van der Waals surface area contributed by atoms with Gasteiger partial charge < -0.3 is 5.32 Å². The molecule has 0 bridgehead atoms. The number of hydrogen-bond acceptors (Lipinski definition) is 2. The van der Waals surface area contributed by atoms with E-state index in [1.807, 2.05) is 13.8 Å². The van der Waals surface area contributed by atoms with Crippen LogP contribution in [0.15, 0.2) is 17.0 Å². The van der Waals surface area contributed by atoms with Crippen molar-refractivity contribution in [3.63, 3.8) is 0 Å². The summed E-state index contributed by atoms with van der Waals surface area (Å²) in [5.41, 5.74) is 1.39. The molecule has 1 aromatic rings. The molecule has 1 aliphatic rings. The second-order valence-electron chi connectivity index (χ2n) is 3.86. The predicted octanol–water partition coefficient (Wildman–Crippen LogP) is 2.99. The number of rotatable bonds is 1. The minimum Gasteiger partial charge on any atom is -0.324 e. The number of nitrogens with one attached hydrogen (secondary N) is 1. The molecule has 0 atom stereocenters. The van der Waals surface area contributed by atoms with Gasteiger partial charge in [-0.15, -0.1) is 11.8 Å². The Hall–Kier alpha value is -1.03. The zero-order chi connectivity index (χ0) is 11.0. The van der Waals surface area contributed by atoms with Crippen molar-refractivity contribution in [3.8, 4) is 0 Å². The Labute approximate surface area is 92.3 Å². The fourth-order valence-corrected chi connectivity index (χ4v) is 2.37. The quantitative estimate of drug-likeness (QED) is 0.796. The second-order valence-corrected chi connectivity index (χ2v) is 4.88. The smallest absolute Gasteiger partial charge is 0.234 e. The van der Waals surface area contributed by atoms with Crippen molar-refractivity contribution in [1.29, 1.82) is 0 Å². The molecule has 15 heavy (non-hydrogen) atoms. The summed E-state index contributed by atoms with van der Waals surface area (Å²) in [5, 5.41) is 2.76. The molecule has 0 unspecified atom stereocenters. The van der Waals surface area contributed by atoms with E-state index in [0.29, 0.717) is 11.3 Å². The van der Waals surface area contributed by atoms with Gasteiger partial charge in [-0.1, -0.05) is 13.8 Å². The van der Waals surface area contributed by atoms with E-state index < -0.39 is 0 Å². The van der Waals surface area contributed by atoms with Crippen molar-refractivity contribution in [2.75, 3.05) is 11.1 Å². The number of benzene rings is 1. The van der Waals surface area contributed by atoms with Crippen LogP contribution in [0.5, 0.6) is 0 Å². The molecular weight excluding hydrogens is 213 g/mol. The monoisotopic (exact) mass is 225 g/mol. The molecule has 80 valence electrons. The predicted molar refractivity (Wildman–Crippen MR) is 59.8 cm³/mol. The van der Waals surface area contributed by atoms with Gasteiger partial charge in [0.15, 0.2) is 0 Å². The summed E-state index contributed by atoms with van der Waals surface area (Å²) in [4.78, 5) is 12.0. The summed E-state index contributed by atoms with van der Waals surface area (Å²) in [6, 6.07) is 3.24. The van der Waals surface area contributed by atoms with E-state index >= 15 is 0 Å². The van der Waals surface area contributed by atoms with E-state index in [-0.39, 0.29) is 17.6 Å². The van der Waals surface area contributed by atoms with Crippen molar-refractivity contribution in [2.24, 2.45) is 0 Å². The maximum Gasteiger partial charge on any atom is 0.234 e. The average molecular weight is 225 g/mol. The van der Waals surface area contributed by atoms with Crippen LogP contribution in [0.3, 0.4) is 0 Å². The van der Waals surface area contributed by atoms with Crippen molar-refractivity contribution in [3.05, 3.63) is 23.5 Å². The van der Waals surface area contributed by atoms with Crippen molar-refractivity contribution in [2.45, 2.75) is 24.7 Å². The van der Waals surface area contributed by atoms with Crippen molar-refractivity contribution in [1.82, 2.24) is 0 Å². The Balaban J connectivity index is 2.47. The molecule has 0 saturated heterocycles. The van der Waals surface area contributed by atoms with Crippen LogP contribution >= 0.6 is 11.8 Å². The van der Waals surface area contributed by atoms with Gasteiger partial charge in [0, 0.05) is 4.90 Å². The number of thioether (sulfide) groups is 1. The minimum absolute atomic E-state index is 0.0196. The van der Waals surface area contributed by atoms with Gasteiger partial charge in [0.25, 0.3) is 0 Å². The van der Waals surface area contributed by atoms with Gasteiger partial charge in [0.2, 0.25) is 5.91 Å². The highest BCUT2D eigenvalue weighted by atomic mass is 32.2. The number of anilines is 1. The average Bonchev–Trinajstić information content (AvgIpc) is 2.17. The maximum absolute atomic E-state index is 13.6. The highest BCUT2D eigenvalue weighted by molar-refractivity contribution is 8.00. The lowest BCUT2D eigenvalue weighted by Crippen LogP contribution is -2.19. The first kappa shape index (κ1) is 10.5. The van der Waals surface area contributed by atoms with Crippen LogP contribution in [-0.4, -0.2) is 11.7 Å². The normalized spacial score (nSPS) is 15.1. The van der Waals surface area contributed by atoms with Crippen molar-refractivity contribution >= 4 is 23.4 Å². The molecular formula is C11H12FNOS. The Kier molecular flexibility index (Phi) is 2.69. The largest absolute Gasteiger partial charge is 0.324 e. The summed E-state index contributed by atoms with van der Waals surface area (Å²) in [6.07, 6.45) is 0. The Bertz CT molecular complexity index is 417. The highest BCUT2D eigenvalue weighted by Crippen LogP contribution is 2.35. The second kappa shape index (κ2) is 3.85. The molecule has 1 heterocycles. The number of hydrogen-bond donors (Lipinski definition) is 1. The van der Waals surface area contributed by atoms with Gasteiger partial charge in [-0.25, -0.2) is 4.39 Å². The first-order chi connectivity index (χ1) is 7.08. The van der Waals surface area contributed by atoms with E-state index in [1.54, 1.807) is 6.07 Å². The number of carbonyl (C=O) groups excluding carboxylic acids is 1. The van der Waals surface area contributed by atoms with Crippen LogP contribution in [0.2, 0.25) is 0 Å². The minimum atomic E-state index is -0.188. The summed E-state index contributed by atoms with van der Waals surface area (Å²) in [7, 11) is 0. The molecule has 1 N–H and O–H groups in total. The molecule has 1 amide bonds. The van der Waals surface area contributed by atoms with Gasteiger partial charge in [0.05, 0.1) is 11.4 Å². The van der Waals surface area contributed by atoms with Crippen LogP contribution in [0.1, 0.15) is 25.3 Å². The van der Waals surface area contributed by atoms with E-state index in [4.69, 9.17) is 0 Å². The molecule has 4 heteroatoms. The maximum atomic E-state index is 13.6. The Morgan fingerprint density at radius 1 is 1.47 bits per heavy atom. The molecule has 2 rings (SSSR count). The Morgan fingerprint density at radius 3 is 2.87 bits per heavy atom. The molecule has 0 radical (unpaired) electrons. The molecule has 2 nitrogen and oxygen atoms in total. The number of carbonyl (C=O) groups is 1. The summed E-state index contributed by atoms with van der Waals surface area (Å²) >= 11 is 1.38. The van der Waals surface area contributed by atoms with E-state index in [1.165, 1.54) is 17.8 Å².